The molecule has 3 heteroatoms. The molecule has 1 aromatic carbocycles. The highest BCUT2D eigenvalue weighted by atomic mass is 16.1. The van der Waals surface area contributed by atoms with Gasteiger partial charge >= 0.3 is 0 Å². The van der Waals surface area contributed by atoms with Gasteiger partial charge in [0.05, 0.1) is 5.92 Å². The minimum atomic E-state index is -0.156. The lowest BCUT2D eigenvalue weighted by atomic mass is 9.73. The third-order valence-corrected chi connectivity index (χ3v) is 4.63. The predicted octanol–water partition coefficient (Wildman–Crippen LogP) is 3.46. The first-order chi connectivity index (χ1) is 9.40. The fourth-order valence-electron chi connectivity index (χ4n) is 3.04. The maximum absolute atomic E-state index is 12.5. The summed E-state index contributed by atoms with van der Waals surface area (Å²) in [6, 6.07) is 7.88. The Bertz CT molecular complexity index is 482. The summed E-state index contributed by atoms with van der Waals surface area (Å²) in [6.45, 7) is 6.45. The van der Waals surface area contributed by atoms with Crippen LogP contribution >= 0.6 is 0 Å². The van der Waals surface area contributed by atoms with Gasteiger partial charge in [0.1, 0.15) is 0 Å². The molecule has 3 N–H and O–H groups in total. The average Bonchev–Trinajstić information content (AvgIpc) is 2.40. The molecule has 2 atom stereocenters. The maximum atomic E-state index is 12.5. The molecule has 3 nitrogen and oxygen atoms in total. The molecule has 20 heavy (non-hydrogen) atoms. The SMILES string of the molecule is CC(C(=O)NC1CCCCC1(C)C)c1cccc(N)c1. The number of amides is 1. The zero-order chi connectivity index (χ0) is 14.8. The van der Waals surface area contributed by atoms with Gasteiger partial charge in [-0.2, -0.15) is 0 Å². The number of carbonyl (C=O) groups is 1. The molecule has 0 radical (unpaired) electrons. The van der Waals surface area contributed by atoms with Gasteiger partial charge in [0.2, 0.25) is 5.91 Å². The van der Waals surface area contributed by atoms with Crippen LogP contribution in [0.1, 0.15) is 57.9 Å². The molecule has 1 aliphatic rings. The highest BCUT2D eigenvalue weighted by Crippen LogP contribution is 2.35. The molecule has 1 amide bonds. The first-order valence-corrected chi connectivity index (χ1v) is 7.56. The zero-order valence-corrected chi connectivity index (χ0v) is 12.8. The molecule has 1 saturated carbocycles. The van der Waals surface area contributed by atoms with E-state index in [4.69, 9.17) is 5.73 Å². The van der Waals surface area contributed by atoms with Crippen molar-refractivity contribution in [3.05, 3.63) is 29.8 Å². The third kappa shape index (κ3) is 3.33. The van der Waals surface area contributed by atoms with E-state index in [1.165, 1.54) is 19.3 Å². The van der Waals surface area contributed by atoms with Gasteiger partial charge < -0.3 is 11.1 Å². The van der Waals surface area contributed by atoms with Crippen LogP contribution in [-0.4, -0.2) is 11.9 Å². The van der Waals surface area contributed by atoms with Gasteiger partial charge in [-0.3, -0.25) is 4.79 Å². The van der Waals surface area contributed by atoms with Crippen molar-refractivity contribution in [3.8, 4) is 0 Å². The first kappa shape index (κ1) is 14.9. The van der Waals surface area contributed by atoms with Crippen molar-refractivity contribution in [2.45, 2.75) is 58.4 Å². The number of nitrogens with one attached hydrogen (secondary N) is 1. The van der Waals surface area contributed by atoms with Crippen LogP contribution in [0.3, 0.4) is 0 Å². The Kier molecular flexibility index (Phi) is 4.36. The van der Waals surface area contributed by atoms with E-state index in [1.807, 2.05) is 31.2 Å². The Balaban J connectivity index is 2.04. The summed E-state index contributed by atoms with van der Waals surface area (Å²) in [5.74, 6) is -0.0493. The fourth-order valence-corrected chi connectivity index (χ4v) is 3.04. The van der Waals surface area contributed by atoms with Gasteiger partial charge in [0.25, 0.3) is 0 Å². The molecular weight excluding hydrogens is 248 g/mol. The number of rotatable bonds is 3. The van der Waals surface area contributed by atoms with E-state index in [0.717, 1.165) is 12.0 Å². The Labute approximate surface area is 121 Å². The molecule has 110 valence electrons. The molecule has 0 aromatic heterocycles. The monoisotopic (exact) mass is 274 g/mol. The number of hydrogen-bond donors (Lipinski definition) is 2. The van der Waals surface area contributed by atoms with Gasteiger partial charge in [0, 0.05) is 11.7 Å². The van der Waals surface area contributed by atoms with E-state index in [9.17, 15) is 4.79 Å². The van der Waals surface area contributed by atoms with Crippen molar-refractivity contribution < 1.29 is 4.79 Å². The second kappa shape index (κ2) is 5.86. The molecule has 2 unspecified atom stereocenters. The average molecular weight is 274 g/mol. The topological polar surface area (TPSA) is 55.1 Å². The number of anilines is 1. The summed E-state index contributed by atoms with van der Waals surface area (Å²) in [5, 5.41) is 3.25. The van der Waals surface area contributed by atoms with Crippen LogP contribution in [0, 0.1) is 5.41 Å². The largest absolute Gasteiger partial charge is 0.399 e. The number of nitrogens with two attached hydrogens (primary N) is 1. The number of nitrogen functional groups attached to an aromatic ring is 1. The molecule has 1 fully saturated rings. The summed E-state index contributed by atoms with van der Waals surface area (Å²) in [5.41, 5.74) is 7.68. The van der Waals surface area contributed by atoms with Crippen LogP contribution in [0.2, 0.25) is 0 Å². The van der Waals surface area contributed by atoms with E-state index in [1.54, 1.807) is 0 Å². The Hall–Kier alpha value is -1.51. The van der Waals surface area contributed by atoms with Crippen molar-refractivity contribution >= 4 is 11.6 Å². The van der Waals surface area contributed by atoms with Gasteiger partial charge in [-0.25, -0.2) is 0 Å². The van der Waals surface area contributed by atoms with Crippen LogP contribution in [0.5, 0.6) is 0 Å². The van der Waals surface area contributed by atoms with E-state index < -0.39 is 0 Å². The van der Waals surface area contributed by atoms with Crippen molar-refractivity contribution in [1.82, 2.24) is 5.32 Å². The van der Waals surface area contributed by atoms with Crippen LogP contribution < -0.4 is 11.1 Å². The molecule has 0 saturated heterocycles. The highest BCUT2D eigenvalue weighted by molar-refractivity contribution is 5.83. The van der Waals surface area contributed by atoms with E-state index >= 15 is 0 Å². The van der Waals surface area contributed by atoms with E-state index in [-0.39, 0.29) is 23.3 Å². The quantitative estimate of drug-likeness (QED) is 0.829. The zero-order valence-electron chi connectivity index (χ0n) is 12.8. The number of hydrogen-bond acceptors (Lipinski definition) is 2. The van der Waals surface area contributed by atoms with Crippen LogP contribution in [-0.2, 0) is 4.79 Å². The Morgan fingerprint density at radius 1 is 1.40 bits per heavy atom. The van der Waals surface area contributed by atoms with Gasteiger partial charge in [0.15, 0.2) is 0 Å². The summed E-state index contributed by atoms with van der Waals surface area (Å²) in [7, 11) is 0. The van der Waals surface area contributed by atoms with Crippen molar-refractivity contribution in [2.75, 3.05) is 5.73 Å². The normalized spacial score (nSPS) is 23.1. The van der Waals surface area contributed by atoms with Crippen LogP contribution in [0.15, 0.2) is 24.3 Å². The van der Waals surface area contributed by atoms with E-state index in [2.05, 4.69) is 19.2 Å². The lowest BCUT2D eigenvalue weighted by molar-refractivity contribution is -0.124. The number of carbonyl (C=O) groups excluding carboxylic acids is 1. The fraction of sp³-hybridized carbons (Fsp3) is 0.588. The highest BCUT2D eigenvalue weighted by Gasteiger charge is 2.34. The molecular formula is C17H26N2O. The summed E-state index contributed by atoms with van der Waals surface area (Å²) in [4.78, 5) is 12.5. The molecule has 0 heterocycles. The molecule has 0 bridgehead atoms. The second-order valence-electron chi connectivity index (χ2n) is 6.69. The molecule has 0 aliphatic heterocycles. The third-order valence-electron chi connectivity index (χ3n) is 4.63. The minimum Gasteiger partial charge on any atom is -0.399 e. The summed E-state index contributed by atoms with van der Waals surface area (Å²) < 4.78 is 0. The van der Waals surface area contributed by atoms with Gasteiger partial charge in [-0.15, -0.1) is 0 Å². The van der Waals surface area contributed by atoms with Gasteiger partial charge in [-0.05, 0) is 42.9 Å². The maximum Gasteiger partial charge on any atom is 0.227 e. The molecule has 1 aliphatic carbocycles. The van der Waals surface area contributed by atoms with E-state index in [0.29, 0.717) is 5.69 Å². The Morgan fingerprint density at radius 3 is 2.80 bits per heavy atom. The lowest BCUT2D eigenvalue weighted by Gasteiger charge is -2.39. The second-order valence-corrected chi connectivity index (χ2v) is 6.69. The smallest absolute Gasteiger partial charge is 0.227 e. The van der Waals surface area contributed by atoms with Crippen LogP contribution in [0.4, 0.5) is 5.69 Å². The summed E-state index contributed by atoms with van der Waals surface area (Å²) in [6.07, 6.45) is 4.75. The van der Waals surface area contributed by atoms with Crippen molar-refractivity contribution in [2.24, 2.45) is 5.41 Å². The summed E-state index contributed by atoms with van der Waals surface area (Å²) >= 11 is 0. The first-order valence-electron chi connectivity index (χ1n) is 7.56. The Morgan fingerprint density at radius 2 is 2.15 bits per heavy atom. The minimum absolute atomic E-state index is 0.107. The lowest BCUT2D eigenvalue weighted by Crippen LogP contribution is -2.48. The van der Waals surface area contributed by atoms with Crippen molar-refractivity contribution in [1.29, 1.82) is 0 Å². The van der Waals surface area contributed by atoms with Crippen molar-refractivity contribution in [3.63, 3.8) is 0 Å². The standard InChI is InChI=1S/C17H26N2O/c1-12(13-7-6-8-14(18)11-13)16(20)19-15-9-4-5-10-17(15,2)3/h6-8,11-12,15H,4-5,9-10,18H2,1-3H3,(H,19,20). The van der Waals surface area contributed by atoms with Crippen LogP contribution in [0.25, 0.3) is 0 Å². The predicted molar refractivity (Wildman–Crippen MR) is 83.4 cm³/mol. The molecule has 2 rings (SSSR count). The number of benzene rings is 1. The van der Waals surface area contributed by atoms with Gasteiger partial charge in [-0.1, -0.05) is 38.8 Å². The molecule has 1 aromatic rings. The molecule has 0 spiro atoms.